The number of nitrogens with one attached hydrogen (secondary N) is 1. The Labute approximate surface area is 159 Å². The Morgan fingerprint density at radius 3 is 2.63 bits per heavy atom. The Bertz CT molecular complexity index is 1010. The predicted molar refractivity (Wildman–Crippen MR) is 102 cm³/mol. The number of fused-ring (bicyclic) bond motifs is 1. The van der Waals surface area contributed by atoms with Gasteiger partial charge >= 0.3 is 0 Å². The van der Waals surface area contributed by atoms with Crippen LogP contribution in [0.1, 0.15) is 16.2 Å². The predicted octanol–water partition coefficient (Wildman–Crippen LogP) is 1.72. The van der Waals surface area contributed by atoms with Gasteiger partial charge in [-0.1, -0.05) is 12.1 Å². The van der Waals surface area contributed by atoms with Crippen LogP contribution in [0.4, 0.5) is 0 Å². The van der Waals surface area contributed by atoms with E-state index in [0.29, 0.717) is 26.4 Å². The fourth-order valence-corrected chi connectivity index (χ4v) is 3.57. The van der Waals surface area contributed by atoms with Crippen LogP contribution in [0.5, 0.6) is 5.75 Å². The highest BCUT2D eigenvalue weighted by Crippen LogP contribution is 2.14. The molecule has 1 atom stereocenters. The summed E-state index contributed by atoms with van der Waals surface area (Å²) in [4.78, 5) is 17.4. The van der Waals surface area contributed by atoms with Crippen LogP contribution in [0.15, 0.2) is 53.4 Å². The number of methoxy groups -OCH3 is 1. The van der Waals surface area contributed by atoms with Gasteiger partial charge in [0.25, 0.3) is 5.91 Å². The van der Waals surface area contributed by atoms with Crippen LogP contribution < -0.4 is 14.8 Å². The largest absolute Gasteiger partial charge is 0.618 e. The van der Waals surface area contributed by atoms with Crippen LogP contribution in [0.3, 0.4) is 0 Å². The lowest BCUT2D eigenvalue weighted by Crippen LogP contribution is -2.37. The minimum absolute atomic E-state index is 0.0685. The minimum Gasteiger partial charge on any atom is -0.618 e. The Kier molecular flexibility index (Phi) is 5.66. The van der Waals surface area contributed by atoms with E-state index >= 15 is 0 Å². The van der Waals surface area contributed by atoms with Crippen molar-refractivity contribution >= 4 is 27.7 Å². The molecule has 0 radical (unpaired) electrons. The maximum absolute atomic E-state index is 12.4. The zero-order chi connectivity index (χ0) is 19.4. The molecular formula is C19H19N3O4S. The Hall–Kier alpha value is -3.00. The van der Waals surface area contributed by atoms with Crippen molar-refractivity contribution in [3.63, 3.8) is 0 Å². The van der Waals surface area contributed by atoms with E-state index in [9.17, 15) is 14.2 Å². The molecule has 1 N–H and O–H groups in total. The van der Waals surface area contributed by atoms with Crippen LogP contribution in [0.2, 0.25) is 0 Å². The van der Waals surface area contributed by atoms with Gasteiger partial charge in [-0.15, -0.1) is 0 Å². The van der Waals surface area contributed by atoms with Gasteiger partial charge in [-0.05, 0) is 30.3 Å². The van der Waals surface area contributed by atoms with Gasteiger partial charge in [0.1, 0.15) is 11.3 Å². The molecular weight excluding hydrogens is 366 g/mol. The third-order valence-electron chi connectivity index (χ3n) is 4.09. The highest BCUT2D eigenvalue weighted by molar-refractivity contribution is 7.85. The lowest BCUT2D eigenvalue weighted by Gasteiger charge is -2.10. The average Bonchev–Trinajstić information content (AvgIpc) is 2.70. The van der Waals surface area contributed by atoms with Crippen molar-refractivity contribution in [1.29, 1.82) is 0 Å². The maximum Gasteiger partial charge on any atom is 0.276 e. The number of ether oxygens (including phenoxy) is 1. The number of benzene rings is 2. The Morgan fingerprint density at radius 1 is 1.22 bits per heavy atom. The molecule has 0 bridgehead atoms. The standard InChI is InChI=1S/C19H19N3O4S/c1-13-18(21-16-5-3-4-6-17(16)22(13)24)19(23)20-11-12-27(25)15-9-7-14(26-2)8-10-15/h3-10H,11-12H2,1-2H3,(H,20,23). The van der Waals surface area contributed by atoms with Gasteiger partial charge in [0.05, 0.1) is 17.9 Å². The van der Waals surface area contributed by atoms with Crippen LogP contribution in [-0.4, -0.2) is 34.5 Å². The number of para-hydroxylation sites is 2. The zero-order valence-corrected chi connectivity index (χ0v) is 15.8. The molecule has 2 aromatic carbocycles. The Morgan fingerprint density at radius 2 is 1.93 bits per heavy atom. The van der Waals surface area contributed by atoms with E-state index in [1.807, 2.05) is 0 Å². The summed E-state index contributed by atoms with van der Waals surface area (Å²) < 4.78 is 18.1. The van der Waals surface area contributed by atoms with E-state index in [0.717, 1.165) is 0 Å². The summed E-state index contributed by atoms with van der Waals surface area (Å²) in [6.07, 6.45) is 0. The molecule has 0 fully saturated rings. The first-order valence-electron chi connectivity index (χ1n) is 8.31. The fraction of sp³-hybridized carbons (Fsp3) is 0.211. The SMILES string of the molecule is COc1ccc(S(=O)CCNC(=O)c2nc3ccccc3[n+]([O-])c2C)cc1. The monoisotopic (exact) mass is 385 g/mol. The molecule has 1 unspecified atom stereocenters. The van der Waals surface area contributed by atoms with E-state index in [2.05, 4.69) is 10.3 Å². The molecule has 0 aliphatic heterocycles. The van der Waals surface area contributed by atoms with Crippen LogP contribution >= 0.6 is 0 Å². The number of carbonyl (C=O) groups is 1. The molecule has 0 aliphatic carbocycles. The van der Waals surface area contributed by atoms with Crippen molar-refractivity contribution in [3.8, 4) is 5.75 Å². The molecule has 0 saturated heterocycles. The van der Waals surface area contributed by atoms with Crippen molar-refractivity contribution in [2.75, 3.05) is 19.4 Å². The third kappa shape index (κ3) is 4.06. The van der Waals surface area contributed by atoms with E-state index in [4.69, 9.17) is 4.74 Å². The topological polar surface area (TPSA) is 95.2 Å². The van der Waals surface area contributed by atoms with Gasteiger partial charge in [-0.2, -0.15) is 4.73 Å². The van der Waals surface area contributed by atoms with Gasteiger partial charge in [0.15, 0.2) is 5.69 Å². The molecule has 0 saturated carbocycles. The zero-order valence-electron chi connectivity index (χ0n) is 15.0. The normalized spacial score (nSPS) is 11.9. The van der Waals surface area contributed by atoms with Crippen molar-refractivity contribution in [1.82, 2.24) is 10.3 Å². The molecule has 0 spiro atoms. The lowest BCUT2D eigenvalue weighted by molar-refractivity contribution is -0.584. The van der Waals surface area contributed by atoms with E-state index in [1.165, 1.54) is 0 Å². The number of aromatic nitrogens is 2. The van der Waals surface area contributed by atoms with Gasteiger partial charge in [-0.3, -0.25) is 9.00 Å². The molecule has 8 heteroatoms. The molecule has 0 aliphatic rings. The van der Waals surface area contributed by atoms with Crippen molar-refractivity contribution in [3.05, 3.63) is 65.1 Å². The Balaban J connectivity index is 1.66. The quantitative estimate of drug-likeness (QED) is 0.515. The highest BCUT2D eigenvalue weighted by Gasteiger charge is 2.20. The second-order valence-electron chi connectivity index (χ2n) is 5.81. The van der Waals surface area contributed by atoms with Crippen LogP contribution in [-0.2, 0) is 10.8 Å². The summed E-state index contributed by atoms with van der Waals surface area (Å²) in [6.45, 7) is 1.75. The number of nitrogens with zero attached hydrogens (tertiary/aromatic N) is 2. The minimum atomic E-state index is -1.26. The molecule has 1 aromatic heterocycles. The molecule has 1 amide bonds. The van der Waals surface area contributed by atoms with Gasteiger partial charge in [0, 0.05) is 30.2 Å². The fourth-order valence-electron chi connectivity index (χ4n) is 2.61. The summed E-state index contributed by atoms with van der Waals surface area (Å²) in [7, 11) is 0.309. The second kappa shape index (κ2) is 8.13. The van der Waals surface area contributed by atoms with E-state index in [1.54, 1.807) is 62.6 Å². The van der Waals surface area contributed by atoms with Gasteiger partial charge in [-0.25, -0.2) is 4.98 Å². The first kappa shape index (κ1) is 18.8. The maximum atomic E-state index is 12.4. The highest BCUT2D eigenvalue weighted by atomic mass is 32.2. The number of amides is 1. The molecule has 3 aromatic rings. The first-order valence-corrected chi connectivity index (χ1v) is 9.62. The summed E-state index contributed by atoms with van der Waals surface area (Å²) in [5, 5.41) is 15.0. The third-order valence-corrected chi connectivity index (χ3v) is 5.46. The van der Waals surface area contributed by atoms with Gasteiger partial charge < -0.3 is 15.3 Å². The number of hydrogen-bond donors (Lipinski definition) is 1. The summed E-state index contributed by atoms with van der Waals surface area (Å²) in [6, 6.07) is 13.8. The van der Waals surface area contributed by atoms with Gasteiger partial charge in [0.2, 0.25) is 11.2 Å². The molecule has 1 heterocycles. The van der Waals surface area contributed by atoms with E-state index < -0.39 is 16.7 Å². The summed E-state index contributed by atoms with van der Waals surface area (Å²) in [5.41, 5.74) is 1.15. The molecule has 140 valence electrons. The van der Waals surface area contributed by atoms with Crippen molar-refractivity contribution in [2.24, 2.45) is 0 Å². The first-order chi connectivity index (χ1) is 13.0. The number of hydrogen-bond acceptors (Lipinski definition) is 5. The second-order valence-corrected chi connectivity index (χ2v) is 7.38. The number of rotatable bonds is 6. The summed E-state index contributed by atoms with van der Waals surface area (Å²) >= 11 is 0. The van der Waals surface area contributed by atoms with Crippen molar-refractivity contribution in [2.45, 2.75) is 11.8 Å². The molecule has 3 rings (SSSR count). The van der Waals surface area contributed by atoms with Crippen LogP contribution in [0, 0.1) is 12.1 Å². The summed E-state index contributed by atoms with van der Waals surface area (Å²) in [5.74, 6) is 0.477. The number of carbonyl (C=O) groups excluding carboxylic acids is 1. The average molecular weight is 385 g/mol. The smallest absolute Gasteiger partial charge is 0.276 e. The lowest BCUT2D eigenvalue weighted by atomic mass is 10.2. The van der Waals surface area contributed by atoms with Crippen LogP contribution in [0.25, 0.3) is 11.0 Å². The van der Waals surface area contributed by atoms with E-state index in [-0.39, 0.29) is 23.7 Å². The molecule has 7 nitrogen and oxygen atoms in total. The molecule has 27 heavy (non-hydrogen) atoms. The van der Waals surface area contributed by atoms with Crippen molar-refractivity contribution < 1.29 is 18.5 Å².